The molecule has 4 rings (SSSR count). The first-order valence-corrected chi connectivity index (χ1v) is 12.7. The van der Waals surface area contributed by atoms with Gasteiger partial charge in [0.05, 0.1) is 18.1 Å². The Labute approximate surface area is 206 Å². The van der Waals surface area contributed by atoms with Crippen molar-refractivity contribution in [2.24, 2.45) is 0 Å². The van der Waals surface area contributed by atoms with E-state index < -0.39 is 0 Å². The fourth-order valence-corrected chi connectivity index (χ4v) is 5.93. The quantitative estimate of drug-likeness (QED) is 0.398. The Morgan fingerprint density at radius 2 is 2.19 bits per heavy atom. The lowest BCUT2D eigenvalue weighted by molar-refractivity contribution is -0.135. The zero-order chi connectivity index (χ0) is 22.8. The van der Waals surface area contributed by atoms with Crippen LogP contribution in [0, 0.1) is 0 Å². The summed E-state index contributed by atoms with van der Waals surface area (Å²) >= 11 is 10.2. The van der Waals surface area contributed by atoms with Crippen LogP contribution in [-0.2, 0) is 20.9 Å². The summed E-state index contributed by atoms with van der Waals surface area (Å²) in [5.41, 5.74) is 1.86. The second-order valence-electron chi connectivity index (χ2n) is 8.13. The molecule has 1 atom stereocenters. The third-order valence-electron chi connectivity index (χ3n) is 5.98. The Balaban J connectivity index is 1.65. The summed E-state index contributed by atoms with van der Waals surface area (Å²) in [6.07, 6.45) is 7.14. The van der Waals surface area contributed by atoms with Gasteiger partial charge in [-0.1, -0.05) is 39.9 Å². The number of thiocarbonyl (C=S) groups is 1. The van der Waals surface area contributed by atoms with Crippen molar-refractivity contribution >= 4 is 73.0 Å². The van der Waals surface area contributed by atoms with E-state index in [-0.39, 0.29) is 24.4 Å². The molecule has 1 aromatic carbocycles. The second-order valence-corrected chi connectivity index (χ2v) is 10.7. The summed E-state index contributed by atoms with van der Waals surface area (Å²) in [6.45, 7) is 4.10. The number of nitrogens with zero attached hydrogens (tertiary/aromatic N) is 3. The molecule has 1 aromatic heterocycles. The van der Waals surface area contributed by atoms with Crippen LogP contribution in [0.5, 0.6) is 0 Å². The fraction of sp³-hybridized carbons (Fsp3) is 0.435. The molecule has 0 aliphatic carbocycles. The molecule has 3 heterocycles. The number of ether oxygens (including phenoxy) is 1. The molecule has 0 spiro atoms. The summed E-state index contributed by atoms with van der Waals surface area (Å²) in [5, 5.41) is 0.987. The molecular weight excluding hydrogens is 510 g/mol. The van der Waals surface area contributed by atoms with E-state index in [9.17, 15) is 9.59 Å². The van der Waals surface area contributed by atoms with Crippen molar-refractivity contribution in [3.8, 4) is 0 Å². The van der Waals surface area contributed by atoms with E-state index in [0.717, 1.165) is 40.3 Å². The summed E-state index contributed by atoms with van der Waals surface area (Å²) in [6, 6.07) is 6.28. The van der Waals surface area contributed by atoms with Crippen LogP contribution in [0.15, 0.2) is 33.8 Å². The number of carbonyl (C=O) groups is 2. The number of piperidine rings is 1. The number of likely N-dealkylation sites (tertiary alicyclic amines) is 1. The Morgan fingerprint density at radius 3 is 2.94 bits per heavy atom. The van der Waals surface area contributed by atoms with Crippen molar-refractivity contribution < 1.29 is 14.3 Å². The maximum atomic E-state index is 13.1. The van der Waals surface area contributed by atoms with E-state index in [4.69, 9.17) is 17.0 Å². The van der Waals surface area contributed by atoms with Gasteiger partial charge in [-0.05, 0) is 50.5 Å². The smallest absolute Gasteiger partial charge is 0.266 e. The SMILES string of the molecule is COCCN1C(=O)/C(=C/c2cn(CC(=O)N3CCCC[C@@H]3C)c3ccc(Br)cc23)SC1=S. The third kappa shape index (κ3) is 4.81. The van der Waals surface area contributed by atoms with Crippen molar-refractivity contribution in [3.05, 3.63) is 39.3 Å². The van der Waals surface area contributed by atoms with Crippen molar-refractivity contribution in [1.29, 1.82) is 0 Å². The molecule has 2 saturated heterocycles. The maximum absolute atomic E-state index is 13.1. The van der Waals surface area contributed by atoms with E-state index >= 15 is 0 Å². The standard InChI is InChI=1S/C23H26BrN3O3S2/c1-15-5-3-4-8-26(15)21(28)14-25-13-16(18-12-17(24)6-7-19(18)25)11-20-22(29)27(9-10-30-2)23(31)32-20/h6-7,11-13,15H,3-5,8-10,14H2,1-2H3/b20-11-/t15-/m0/s1. The number of aromatic nitrogens is 1. The number of amides is 2. The summed E-state index contributed by atoms with van der Waals surface area (Å²) < 4.78 is 8.57. The molecule has 170 valence electrons. The molecule has 2 aliphatic heterocycles. The number of thioether (sulfide) groups is 1. The number of hydrogen-bond acceptors (Lipinski definition) is 5. The van der Waals surface area contributed by atoms with E-state index in [2.05, 4.69) is 22.9 Å². The predicted octanol–water partition coefficient (Wildman–Crippen LogP) is 4.65. The van der Waals surface area contributed by atoms with Gasteiger partial charge in [-0.3, -0.25) is 14.5 Å². The van der Waals surface area contributed by atoms with E-state index in [1.165, 1.54) is 18.2 Å². The van der Waals surface area contributed by atoms with Gasteiger partial charge >= 0.3 is 0 Å². The van der Waals surface area contributed by atoms with Gasteiger partial charge in [0.25, 0.3) is 5.91 Å². The van der Waals surface area contributed by atoms with Gasteiger partial charge in [0.15, 0.2) is 0 Å². The number of carbonyl (C=O) groups excluding carboxylic acids is 2. The van der Waals surface area contributed by atoms with Crippen LogP contribution in [0.4, 0.5) is 0 Å². The van der Waals surface area contributed by atoms with Gasteiger partial charge < -0.3 is 14.2 Å². The zero-order valence-electron chi connectivity index (χ0n) is 18.2. The molecular formula is C23H26BrN3O3S2. The zero-order valence-corrected chi connectivity index (χ0v) is 21.4. The Kier molecular flexibility index (Phi) is 7.39. The predicted molar refractivity (Wildman–Crippen MR) is 136 cm³/mol. The highest BCUT2D eigenvalue weighted by Crippen LogP contribution is 2.35. The molecule has 2 aromatic rings. The second kappa shape index (κ2) is 10.1. The number of methoxy groups -OCH3 is 1. The first-order valence-electron chi connectivity index (χ1n) is 10.7. The lowest BCUT2D eigenvalue weighted by Crippen LogP contribution is -2.43. The molecule has 2 aliphatic rings. The van der Waals surface area contributed by atoms with E-state index in [0.29, 0.717) is 22.4 Å². The lowest BCUT2D eigenvalue weighted by atomic mass is 10.0. The number of halogens is 1. The van der Waals surface area contributed by atoms with E-state index in [1.54, 1.807) is 12.0 Å². The number of hydrogen-bond donors (Lipinski definition) is 0. The van der Waals surface area contributed by atoms with Crippen molar-refractivity contribution in [2.45, 2.75) is 38.8 Å². The average molecular weight is 537 g/mol. The third-order valence-corrected chi connectivity index (χ3v) is 7.85. The molecule has 9 heteroatoms. The highest BCUT2D eigenvalue weighted by atomic mass is 79.9. The molecule has 0 radical (unpaired) electrons. The minimum atomic E-state index is -0.105. The highest BCUT2D eigenvalue weighted by molar-refractivity contribution is 9.10. The fourth-order valence-electron chi connectivity index (χ4n) is 4.26. The summed E-state index contributed by atoms with van der Waals surface area (Å²) in [7, 11) is 1.60. The monoisotopic (exact) mass is 535 g/mol. The Hall–Kier alpha value is -1.68. The first-order chi connectivity index (χ1) is 15.4. The number of rotatable bonds is 6. The van der Waals surface area contributed by atoms with Gasteiger partial charge in [0.2, 0.25) is 5.91 Å². The largest absolute Gasteiger partial charge is 0.383 e. The summed E-state index contributed by atoms with van der Waals surface area (Å²) in [4.78, 5) is 30.1. The Morgan fingerprint density at radius 1 is 1.38 bits per heavy atom. The van der Waals surface area contributed by atoms with Crippen LogP contribution >= 0.6 is 39.9 Å². The molecule has 2 amide bonds. The van der Waals surface area contributed by atoms with Crippen LogP contribution in [0.3, 0.4) is 0 Å². The van der Waals surface area contributed by atoms with Crippen molar-refractivity contribution in [2.75, 3.05) is 26.8 Å². The molecule has 32 heavy (non-hydrogen) atoms. The van der Waals surface area contributed by atoms with Gasteiger partial charge in [0.1, 0.15) is 10.9 Å². The van der Waals surface area contributed by atoms with Gasteiger partial charge in [-0.25, -0.2) is 0 Å². The molecule has 2 fully saturated rings. The molecule has 0 saturated carbocycles. The van der Waals surface area contributed by atoms with Gasteiger partial charge in [-0.2, -0.15) is 0 Å². The number of fused-ring (bicyclic) bond motifs is 1. The molecule has 0 unspecified atom stereocenters. The maximum Gasteiger partial charge on any atom is 0.266 e. The van der Waals surface area contributed by atoms with Crippen molar-refractivity contribution in [1.82, 2.24) is 14.4 Å². The van der Waals surface area contributed by atoms with Gasteiger partial charge in [0, 0.05) is 46.8 Å². The minimum absolute atomic E-state index is 0.105. The minimum Gasteiger partial charge on any atom is -0.383 e. The molecule has 0 bridgehead atoms. The van der Waals surface area contributed by atoms with Crippen LogP contribution in [0.25, 0.3) is 17.0 Å². The van der Waals surface area contributed by atoms with Crippen LogP contribution in [0.2, 0.25) is 0 Å². The van der Waals surface area contributed by atoms with E-state index in [1.807, 2.05) is 39.9 Å². The van der Waals surface area contributed by atoms with Crippen LogP contribution < -0.4 is 0 Å². The Bertz CT molecular complexity index is 1100. The molecule has 6 nitrogen and oxygen atoms in total. The highest BCUT2D eigenvalue weighted by Gasteiger charge is 2.32. The van der Waals surface area contributed by atoms with Crippen LogP contribution in [-0.4, -0.2) is 63.3 Å². The number of benzene rings is 1. The summed E-state index contributed by atoms with van der Waals surface area (Å²) in [5.74, 6) is 0.0284. The topological polar surface area (TPSA) is 54.8 Å². The average Bonchev–Trinajstić information content (AvgIpc) is 3.23. The van der Waals surface area contributed by atoms with Gasteiger partial charge in [-0.15, -0.1) is 0 Å². The lowest BCUT2D eigenvalue weighted by Gasteiger charge is -2.33. The van der Waals surface area contributed by atoms with Crippen LogP contribution in [0.1, 0.15) is 31.7 Å². The van der Waals surface area contributed by atoms with Crippen molar-refractivity contribution in [3.63, 3.8) is 0 Å². The normalized spacial score (nSPS) is 20.7. The molecule has 0 N–H and O–H groups in total. The first kappa shape index (κ1) is 23.5.